The molecule has 1 heterocycles. The van der Waals surface area contributed by atoms with Gasteiger partial charge in [0.1, 0.15) is 0 Å². The smallest absolute Gasteiger partial charge is 0.257 e. The van der Waals surface area contributed by atoms with Crippen LogP contribution in [0.4, 0.5) is 5.69 Å². The van der Waals surface area contributed by atoms with Gasteiger partial charge in [-0.15, -0.1) is 0 Å². The third-order valence-electron chi connectivity index (χ3n) is 3.27. The number of rotatable bonds is 3. The highest BCUT2D eigenvalue weighted by Gasteiger charge is 2.12. The summed E-state index contributed by atoms with van der Waals surface area (Å²) in [6.07, 6.45) is 1.67. The van der Waals surface area contributed by atoms with E-state index in [0.29, 0.717) is 17.0 Å². The number of phenolic OH excluding ortho intramolecular Hbond substituents is 1. The Hall–Kier alpha value is -2.95. The molecule has 0 aliphatic rings. The minimum Gasteiger partial charge on any atom is -0.504 e. The molecule has 0 radical (unpaired) electrons. The number of aromatic nitrogens is 1. The summed E-state index contributed by atoms with van der Waals surface area (Å²) in [5.41, 5.74) is 1.96. The Morgan fingerprint density at radius 1 is 1.24 bits per heavy atom. The van der Waals surface area contributed by atoms with Crippen molar-refractivity contribution in [3.63, 3.8) is 0 Å². The van der Waals surface area contributed by atoms with Gasteiger partial charge in [-0.3, -0.25) is 4.79 Å². The molecule has 0 bridgehead atoms. The predicted octanol–water partition coefficient (Wildman–Crippen LogP) is 3.13. The average Bonchev–Trinajstić information content (AvgIpc) is 2.91. The van der Waals surface area contributed by atoms with E-state index in [4.69, 9.17) is 4.74 Å². The molecule has 5 nitrogen and oxygen atoms in total. The maximum Gasteiger partial charge on any atom is 0.257 e. The molecule has 21 heavy (non-hydrogen) atoms. The van der Waals surface area contributed by atoms with Crippen LogP contribution in [0.1, 0.15) is 10.4 Å². The molecule has 3 N–H and O–H groups in total. The van der Waals surface area contributed by atoms with Crippen molar-refractivity contribution in [3.05, 3.63) is 54.2 Å². The molecule has 5 heteroatoms. The molecular weight excluding hydrogens is 268 g/mol. The van der Waals surface area contributed by atoms with Gasteiger partial charge >= 0.3 is 0 Å². The van der Waals surface area contributed by atoms with E-state index in [9.17, 15) is 9.90 Å². The fraction of sp³-hybridized carbons (Fsp3) is 0.0625. The standard InChI is InChI=1S/C16H14N2O3/c1-21-15-7-6-10(8-14(15)19)18-16(20)12-9-17-13-5-3-2-4-11(12)13/h2-9,17,19H,1H3,(H,18,20). The Balaban J connectivity index is 1.88. The van der Waals surface area contributed by atoms with Crippen molar-refractivity contribution < 1.29 is 14.6 Å². The summed E-state index contributed by atoms with van der Waals surface area (Å²) >= 11 is 0. The third-order valence-corrected chi connectivity index (χ3v) is 3.27. The van der Waals surface area contributed by atoms with Gasteiger partial charge in [0.15, 0.2) is 11.5 Å². The van der Waals surface area contributed by atoms with E-state index >= 15 is 0 Å². The highest BCUT2D eigenvalue weighted by atomic mass is 16.5. The molecule has 0 aliphatic carbocycles. The van der Waals surface area contributed by atoms with Crippen molar-refractivity contribution in [1.82, 2.24) is 4.98 Å². The highest BCUT2D eigenvalue weighted by Crippen LogP contribution is 2.29. The highest BCUT2D eigenvalue weighted by molar-refractivity contribution is 6.12. The predicted molar refractivity (Wildman–Crippen MR) is 80.9 cm³/mol. The lowest BCUT2D eigenvalue weighted by Crippen LogP contribution is -2.11. The second-order valence-electron chi connectivity index (χ2n) is 4.59. The summed E-state index contributed by atoms with van der Waals surface area (Å²) in [6.45, 7) is 0. The quantitative estimate of drug-likeness (QED) is 0.691. The number of phenols is 1. The lowest BCUT2D eigenvalue weighted by molar-refractivity contribution is 0.102. The minimum atomic E-state index is -0.239. The van der Waals surface area contributed by atoms with Gasteiger partial charge in [-0.1, -0.05) is 18.2 Å². The van der Waals surface area contributed by atoms with Gasteiger partial charge in [0.05, 0.1) is 12.7 Å². The zero-order valence-corrected chi connectivity index (χ0v) is 11.4. The van der Waals surface area contributed by atoms with Crippen LogP contribution in [0.5, 0.6) is 11.5 Å². The van der Waals surface area contributed by atoms with Crippen LogP contribution in [0.3, 0.4) is 0 Å². The van der Waals surface area contributed by atoms with Crippen LogP contribution in [-0.2, 0) is 0 Å². The van der Waals surface area contributed by atoms with Gasteiger partial charge in [-0.25, -0.2) is 0 Å². The van der Waals surface area contributed by atoms with Crippen LogP contribution in [0.15, 0.2) is 48.7 Å². The summed E-state index contributed by atoms with van der Waals surface area (Å²) in [6, 6.07) is 12.3. The van der Waals surface area contributed by atoms with Crippen LogP contribution in [0.2, 0.25) is 0 Å². The van der Waals surface area contributed by atoms with Gasteiger partial charge in [-0.05, 0) is 18.2 Å². The molecule has 106 valence electrons. The number of H-pyrrole nitrogens is 1. The number of fused-ring (bicyclic) bond motifs is 1. The number of amides is 1. The first-order chi connectivity index (χ1) is 10.2. The van der Waals surface area contributed by atoms with E-state index in [0.717, 1.165) is 10.9 Å². The average molecular weight is 282 g/mol. The molecular formula is C16H14N2O3. The number of hydrogen-bond donors (Lipinski definition) is 3. The Morgan fingerprint density at radius 3 is 2.81 bits per heavy atom. The Labute approximate surface area is 121 Å². The summed E-state index contributed by atoms with van der Waals surface area (Å²) < 4.78 is 4.97. The first kappa shape index (κ1) is 13.1. The van der Waals surface area contributed by atoms with Crippen molar-refractivity contribution in [3.8, 4) is 11.5 Å². The zero-order valence-electron chi connectivity index (χ0n) is 11.4. The second kappa shape index (κ2) is 5.20. The Kier molecular flexibility index (Phi) is 3.23. The van der Waals surface area contributed by atoms with Gasteiger partial charge in [0.2, 0.25) is 0 Å². The number of nitrogens with one attached hydrogen (secondary N) is 2. The lowest BCUT2D eigenvalue weighted by Gasteiger charge is -2.07. The Bertz CT molecular complexity index is 808. The lowest BCUT2D eigenvalue weighted by atomic mass is 10.1. The Morgan fingerprint density at radius 2 is 2.05 bits per heavy atom. The number of para-hydroxylation sites is 1. The SMILES string of the molecule is COc1ccc(NC(=O)c2c[nH]c3ccccc23)cc1O. The van der Waals surface area contributed by atoms with E-state index in [2.05, 4.69) is 10.3 Å². The number of aromatic amines is 1. The maximum atomic E-state index is 12.3. The van der Waals surface area contributed by atoms with Crippen LogP contribution in [0, 0.1) is 0 Å². The molecule has 0 aliphatic heterocycles. The van der Waals surface area contributed by atoms with Crippen LogP contribution < -0.4 is 10.1 Å². The first-order valence-electron chi connectivity index (χ1n) is 6.43. The third kappa shape index (κ3) is 2.41. The molecule has 0 atom stereocenters. The molecule has 0 saturated heterocycles. The van der Waals surface area contributed by atoms with Crippen molar-refractivity contribution in [1.29, 1.82) is 0 Å². The van der Waals surface area contributed by atoms with Crippen molar-refractivity contribution in [2.75, 3.05) is 12.4 Å². The fourth-order valence-electron chi connectivity index (χ4n) is 2.23. The normalized spacial score (nSPS) is 10.5. The molecule has 0 spiro atoms. The summed E-state index contributed by atoms with van der Waals surface area (Å²) in [7, 11) is 1.47. The van der Waals surface area contributed by atoms with Crippen molar-refractivity contribution in [2.24, 2.45) is 0 Å². The molecule has 3 rings (SSSR count). The summed E-state index contributed by atoms with van der Waals surface area (Å²) in [4.78, 5) is 15.4. The zero-order chi connectivity index (χ0) is 14.8. The van der Waals surface area contributed by atoms with E-state index in [1.807, 2.05) is 24.3 Å². The summed E-state index contributed by atoms with van der Waals surface area (Å²) in [5, 5.41) is 13.3. The maximum absolute atomic E-state index is 12.3. The largest absolute Gasteiger partial charge is 0.504 e. The first-order valence-corrected chi connectivity index (χ1v) is 6.43. The molecule has 0 unspecified atom stereocenters. The molecule has 0 fully saturated rings. The fourth-order valence-corrected chi connectivity index (χ4v) is 2.23. The molecule has 3 aromatic rings. The van der Waals surface area contributed by atoms with E-state index < -0.39 is 0 Å². The van der Waals surface area contributed by atoms with E-state index in [1.54, 1.807) is 18.3 Å². The van der Waals surface area contributed by atoms with Gasteiger partial charge in [-0.2, -0.15) is 0 Å². The number of carbonyl (C=O) groups is 1. The number of ether oxygens (including phenoxy) is 1. The number of hydrogen-bond acceptors (Lipinski definition) is 3. The molecule has 1 aromatic heterocycles. The van der Waals surface area contributed by atoms with Gasteiger partial charge < -0.3 is 20.1 Å². The van der Waals surface area contributed by atoms with Crippen LogP contribution in [-0.4, -0.2) is 23.1 Å². The minimum absolute atomic E-state index is 0.0192. The monoisotopic (exact) mass is 282 g/mol. The van der Waals surface area contributed by atoms with Gasteiger partial charge in [0, 0.05) is 28.9 Å². The van der Waals surface area contributed by atoms with Crippen LogP contribution in [0.25, 0.3) is 10.9 Å². The van der Waals surface area contributed by atoms with Gasteiger partial charge in [0.25, 0.3) is 5.91 Å². The molecule has 2 aromatic carbocycles. The van der Waals surface area contributed by atoms with Crippen molar-refractivity contribution in [2.45, 2.75) is 0 Å². The van der Waals surface area contributed by atoms with Crippen molar-refractivity contribution >= 4 is 22.5 Å². The number of benzene rings is 2. The molecule has 0 saturated carbocycles. The second-order valence-corrected chi connectivity index (χ2v) is 4.59. The van der Waals surface area contributed by atoms with E-state index in [-0.39, 0.29) is 11.7 Å². The number of anilines is 1. The number of aromatic hydroxyl groups is 1. The molecule has 1 amide bonds. The van der Waals surface area contributed by atoms with E-state index in [1.165, 1.54) is 13.2 Å². The number of methoxy groups -OCH3 is 1. The topological polar surface area (TPSA) is 74.3 Å². The van der Waals surface area contributed by atoms with Crippen LogP contribution >= 0.6 is 0 Å². The number of carbonyl (C=O) groups excluding carboxylic acids is 1. The summed E-state index contributed by atoms with van der Waals surface area (Å²) in [5.74, 6) is 0.103.